The molecule has 6 rings (SSSR count). The summed E-state index contributed by atoms with van der Waals surface area (Å²) in [6.07, 6.45) is 6.64. The van der Waals surface area contributed by atoms with Gasteiger partial charge in [0.1, 0.15) is 0 Å². The lowest BCUT2D eigenvalue weighted by atomic mass is 9.78. The number of aliphatic hydroxyl groups is 1. The highest BCUT2D eigenvalue weighted by Crippen LogP contribution is 2.57. The van der Waals surface area contributed by atoms with Crippen molar-refractivity contribution in [3.8, 4) is 0 Å². The average molecular weight is 709 g/mol. The van der Waals surface area contributed by atoms with E-state index in [2.05, 4.69) is 55.4 Å². The molecule has 6 aliphatic rings. The van der Waals surface area contributed by atoms with Crippen molar-refractivity contribution in [2.75, 3.05) is 7.11 Å². The molecule has 50 heavy (non-hydrogen) atoms. The van der Waals surface area contributed by atoms with Crippen LogP contribution in [-0.2, 0) is 38.0 Å². The number of carbonyl (C=O) groups is 1. The molecule has 19 atom stereocenters. The maximum atomic E-state index is 11.8. The van der Waals surface area contributed by atoms with Gasteiger partial charge < -0.3 is 43.4 Å². The lowest BCUT2D eigenvalue weighted by Crippen LogP contribution is -2.58. The Morgan fingerprint density at radius 2 is 1.56 bits per heavy atom. The molecule has 288 valence electrons. The summed E-state index contributed by atoms with van der Waals surface area (Å²) in [5.41, 5.74) is -1.02. The first-order chi connectivity index (χ1) is 23.3. The second-order valence-corrected chi connectivity index (χ2v) is 18.4. The van der Waals surface area contributed by atoms with Crippen LogP contribution < -0.4 is 0 Å². The number of hydrogen-bond acceptors (Lipinski definition) is 9. The minimum Gasteiger partial charge on any atom is -0.481 e. The maximum absolute atomic E-state index is 11.8. The van der Waals surface area contributed by atoms with Crippen molar-refractivity contribution in [2.24, 2.45) is 41.4 Å². The molecule has 6 aliphatic heterocycles. The summed E-state index contributed by atoms with van der Waals surface area (Å²) in [5, 5.41) is 20.6. The van der Waals surface area contributed by atoms with Gasteiger partial charge in [0.2, 0.25) is 0 Å². The van der Waals surface area contributed by atoms with E-state index in [0.717, 1.165) is 51.4 Å². The molecule has 8 unspecified atom stereocenters. The quantitative estimate of drug-likeness (QED) is 0.281. The van der Waals surface area contributed by atoms with Crippen LogP contribution in [0.4, 0.5) is 0 Å². The average Bonchev–Trinajstić information content (AvgIpc) is 3.72. The van der Waals surface area contributed by atoms with E-state index in [1.165, 1.54) is 0 Å². The number of ether oxygens (including phenoxy) is 7. The number of carboxylic acids is 1. The Kier molecular flexibility index (Phi) is 11.0. The maximum Gasteiger partial charge on any atom is 0.308 e. The molecule has 1 spiro atoms. The van der Waals surface area contributed by atoms with Gasteiger partial charge in [-0.05, 0) is 90.4 Å². The third kappa shape index (κ3) is 6.96. The summed E-state index contributed by atoms with van der Waals surface area (Å²) < 4.78 is 47.2. The second kappa shape index (κ2) is 14.1. The molecule has 2 N–H and O–H groups in total. The lowest BCUT2D eigenvalue weighted by molar-refractivity contribution is -0.352. The molecule has 0 aliphatic carbocycles. The Hall–Kier alpha value is -0.850. The summed E-state index contributed by atoms with van der Waals surface area (Å²) >= 11 is 0. The molecule has 0 amide bonds. The molecule has 0 radical (unpaired) electrons. The van der Waals surface area contributed by atoms with Crippen LogP contribution in [-0.4, -0.2) is 94.9 Å². The van der Waals surface area contributed by atoms with Gasteiger partial charge in [-0.3, -0.25) is 4.79 Å². The van der Waals surface area contributed by atoms with Crippen LogP contribution in [0.3, 0.4) is 0 Å². The molecule has 10 nitrogen and oxygen atoms in total. The third-order valence-electron chi connectivity index (χ3n) is 14.4. The summed E-state index contributed by atoms with van der Waals surface area (Å²) in [6, 6.07) is 0. The van der Waals surface area contributed by atoms with Crippen LogP contribution in [0, 0.1) is 41.4 Å². The molecule has 0 aromatic rings. The van der Waals surface area contributed by atoms with Gasteiger partial charge in [-0.1, -0.05) is 41.5 Å². The molecule has 0 saturated carbocycles. The monoisotopic (exact) mass is 708 g/mol. The number of methoxy groups -OCH3 is 1. The molecular formula is C40H68O10. The number of aliphatic carboxylic acids is 1. The number of rotatable bonds is 8. The smallest absolute Gasteiger partial charge is 0.308 e. The van der Waals surface area contributed by atoms with E-state index in [1.54, 1.807) is 21.0 Å². The van der Waals surface area contributed by atoms with E-state index in [9.17, 15) is 15.0 Å². The molecule has 6 fully saturated rings. The zero-order valence-electron chi connectivity index (χ0n) is 32.7. The lowest BCUT2D eigenvalue weighted by Gasteiger charge is -2.50. The highest BCUT2D eigenvalue weighted by molar-refractivity contribution is 5.70. The Morgan fingerprint density at radius 3 is 2.24 bits per heavy atom. The summed E-state index contributed by atoms with van der Waals surface area (Å²) in [4.78, 5) is 11.8. The molecule has 0 bridgehead atoms. The normalized spacial score (nSPS) is 55.0. The molecule has 0 aromatic heterocycles. The first-order valence-corrected chi connectivity index (χ1v) is 19.8. The molecule has 6 saturated heterocycles. The van der Waals surface area contributed by atoms with Crippen LogP contribution >= 0.6 is 0 Å². The zero-order valence-corrected chi connectivity index (χ0v) is 32.7. The standard InChI is InChI=1S/C40H68O10/c1-21-12-13-28(45-33(21)26(6)36(41)42)18-29-19-30(44-11)27(7)40(47-29)25(5)20-38(9,50-40)32-14-15-37(8,48-32)35-23(3)17-31(46-35)34-22(2)16-24(4)39(10,43)49-34/h21-35,43H,12-20H2,1-11H3,(H,41,42)/t21-,22-,23-,24-,25+,26+,27+,28?,29?,30+,31?,32?,33?,34?,35?,37-,38-,39-,40?/m0/s1. The van der Waals surface area contributed by atoms with Crippen molar-refractivity contribution in [2.45, 2.75) is 199 Å². The van der Waals surface area contributed by atoms with Crippen LogP contribution in [0.2, 0.25) is 0 Å². The summed E-state index contributed by atoms with van der Waals surface area (Å²) in [6.45, 7) is 21.0. The van der Waals surface area contributed by atoms with Gasteiger partial charge in [0.15, 0.2) is 11.6 Å². The highest BCUT2D eigenvalue weighted by atomic mass is 16.7. The zero-order chi connectivity index (χ0) is 36.6. The van der Waals surface area contributed by atoms with Gasteiger partial charge in [-0.15, -0.1) is 0 Å². The minimum atomic E-state index is -1.15. The largest absolute Gasteiger partial charge is 0.481 e. The van der Waals surface area contributed by atoms with Crippen molar-refractivity contribution in [1.82, 2.24) is 0 Å². The van der Waals surface area contributed by atoms with Crippen LogP contribution in [0.5, 0.6) is 0 Å². The van der Waals surface area contributed by atoms with Gasteiger partial charge in [0.05, 0.1) is 66.0 Å². The van der Waals surface area contributed by atoms with E-state index >= 15 is 0 Å². The Bertz CT molecular complexity index is 1210. The number of carboxylic acid groups (broad SMARTS) is 1. The van der Waals surface area contributed by atoms with Crippen molar-refractivity contribution in [1.29, 1.82) is 0 Å². The van der Waals surface area contributed by atoms with E-state index < -0.39 is 34.7 Å². The predicted molar refractivity (Wildman–Crippen MR) is 187 cm³/mol. The molecule has 10 heteroatoms. The highest BCUT2D eigenvalue weighted by Gasteiger charge is 2.65. The van der Waals surface area contributed by atoms with Crippen LogP contribution in [0.1, 0.15) is 127 Å². The SMILES string of the molecule is CO[C@@H]1CC(CC2CC[C@H](C)C([C@@H](C)C(=O)O)O2)OC2(O[C@](C)(C3CC[C@@](C)(C4OC(C5O[C@](C)(O)[C@@H](C)C[C@@H]5C)C[C@@H]4C)O3)C[C@H]2C)[C@@H]1C. The fourth-order valence-electron chi connectivity index (χ4n) is 11.2. The van der Waals surface area contributed by atoms with Crippen molar-refractivity contribution in [3.05, 3.63) is 0 Å². The second-order valence-electron chi connectivity index (χ2n) is 18.4. The Morgan fingerprint density at radius 1 is 0.840 bits per heavy atom. The van der Waals surface area contributed by atoms with Gasteiger partial charge in [0, 0.05) is 37.7 Å². The Balaban J connectivity index is 1.13. The number of hydrogen-bond donors (Lipinski definition) is 2. The van der Waals surface area contributed by atoms with Crippen LogP contribution in [0.25, 0.3) is 0 Å². The predicted octanol–water partition coefficient (Wildman–Crippen LogP) is 6.73. The topological polar surface area (TPSA) is 122 Å². The summed E-state index contributed by atoms with van der Waals surface area (Å²) in [5.74, 6) is -2.36. The van der Waals surface area contributed by atoms with Gasteiger partial charge >= 0.3 is 5.97 Å². The first kappa shape index (κ1) is 38.9. The van der Waals surface area contributed by atoms with E-state index in [0.29, 0.717) is 18.3 Å². The van der Waals surface area contributed by atoms with Gasteiger partial charge in [-0.2, -0.15) is 0 Å². The molecule has 6 heterocycles. The van der Waals surface area contributed by atoms with Crippen molar-refractivity contribution < 1.29 is 48.2 Å². The van der Waals surface area contributed by atoms with Crippen LogP contribution in [0.15, 0.2) is 0 Å². The van der Waals surface area contributed by atoms with E-state index in [-0.39, 0.29) is 72.5 Å². The van der Waals surface area contributed by atoms with Gasteiger partial charge in [-0.25, -0.2) is 0 Å². The van der Waals surface area contributed by atoms with E-state index in [4.69, 9.17) is 33.2 Å². The van der Waals surface area contributed by atoms with Crippen molar-refractivity contribution in [3.63, 3.8) is 0 Å². The molecule has 0 aromatic carbocycles. The minimum absolute atomic E-state index is 0.0109. The summed E-state index contributed by atoms with van der Waals surface area (Å²) in [7, 11) is 1.78. The van der Waals surface area contributed by atoms with Gasteiger partial charge in [0.25, 0.3) is 0 Å². The van der Waals surface area contributed by atoms with E-state index in [1.807, 2.05) is 0 Å². The fourth-order valence-corrected chi connectivity index (χ4v) is 11.2. The Labute approximate surface area is 300 Å². The first-order valence-electron chi connectivity index (χ1n) is 19.8. The molecular weight excluding hydrogens is 640 g/mol. The third-order valence-corrected chi connectivity index (χ3v) is 14.4. The van der Waals surface area contributed by atoms with Crippen molar-refractivity contribution >= 4 is 5.97 Å². The fraction of sp³-hybridized carbons (Fsp3) is 0.975.